The lowest BCUT2D eigenvalue weighted by molar-refractivity contribution is 0.139. The van der Waals surface area contributed by atoms with E-state index in [2.05, 4.69) is 28.7 Å². The number of hydrogen-bond acceptors (Lipinski definition) is 3. The summed E-state index contributed by atoms with van der Waals surface area (Å²) in [5, 5.41) is 0. The molecule has 1 N–H and O–H groups in total. The molecule has 1 aliphatic carbocycles. The van der Waals surface area contributed by atoms with Gasteiger partial charge in [-0.25, -0.2) is 13.1 Å². The van der Waals surface area contributed by atoms with Gasteiger partial charge >= 0.3 is 0 Å². The second kappa shape index (κ2) is 9.05. The molecule has 2 aliphatic rings. The number of benzene rings is 1. The summed E-state index contributed by atoms with van der Waals surface area (Å²) in [4.78, 5) is 2.56. The molecular weight excluding hydrogens is 368 g/mol. The number of piperidine rings is 1. The molecule has 1 aromatic rings. The summed E-state index contributed by atoms with van der Waals surface area (Å²) < 4.78 is 25.3. The van der Waals surface area contributed by atoms with Gasteiger partial charge in [-0.1, -0.05) is 31.2 Å². The van der Waals surface area contributed by atoms with Crippen LogP contribution in [0.3, 0.4) is 0 Å². The second-order valence-electron chi connectivity index (χ2n) is 8.16. The molecule has 1 heterocycles. The molecule has 6 heteroatoms. The Morgan fingerprint density at radius 3 is 2.08 bits per heavy atom. The summed E-state index contributed by atoms with van der Waals surface area (Å²) in [5.41, 5.74) is 2.31. The first-order valence-electron chi connectivity index (χ1n) is 9.60. The van der Waals surface area contributed by atoms with Gasteiger partial charge in [-0.3, -0.25) is 4.90 Å². The summed E-state index contributed by atoms with van der Waals surface area (Å²) in [7, 11) is -3.18. The highest BCUT2D eigenvalue weighted by molar-refractivity contribution is 7.88. The van der Waals surface area contributed by atoms with Gasteiger partial charge < -0.3 is 0 Å². The van der Waals surface area contributed by atoms with Crippen LogP contribution in [0.1, 0.15) is 56.7 Å². The van der Waals surface area contributed by atoms with Crippen molar-refractivity contribution in [3.63, 3.8) is 0 Å². The fourth-order valence-corrected chi connectivity index (χ4v) is 4.98. The van der Waals surface area contributed by atoms with E-state index >= 15 is 0 Å². The van der Waals surface area contributed by atoms with Crippen molar-refractivity contribution in [1.29, 1.82) is 0 Å². The Bertz CT molecular complexity index is 666. The third-order valence-electron chi connectivity index (χ3n) is 6.02. The van der Waals surface area contributed by atoms with Crippen molar-refractivity contribution in [3.05, 3.63) is 35.4 Å². The molecule has 1 unspecified atom stereocenters. The minimum Gasteiger partial charge on any atom is -0.299 e. The lowest BCUT2D eigenvalue weighted by Crippen LogP contribution is -2.35. The molecule has 0 spiro atoms. The third kappa shape index (κ3) is 6.22. The molecule has 1 aliphatic heterocycles. The highest BCUT2D eigenvalue weighted by Crippen LogP contribution is 2.43. The third-order valence-corrected chi connectivity index (χ3v) is 6.80. The molecule has 0 bridgehead atoms. The number of sulfonamides is 1. The SMILES string of the molecule is CC(C1CC1)C1CCN(Cc2ccc([C@@H](C)NS(C)(=O)=O)cc2)CC1.Cl. The summed E-state index contributed by atoms with van der Waals surface area (Å²) >= 11 is 0. The maximum Gasteiger partial charge on any atom is 0.209 e. The van der Waals surface area contributed by atoms with Gasteiger partial charge in [-0.2, -0.15) is 0 Å². The first-order valence-corrected chi connectivity index (χ1v) is 11.5. The van der Waals surface area contributed by atoms with E-state index in [-0.39, 0.29) is 18.4 Å². The van der Waals surface area contributed by atoms with Gasteiger partial charge in [0.05, 0.1) is 6.26 Å². The van der Waals surface area contributed by atoms with Gasteiger partial charge in [0, 0.05) is 12.6 Å². The zero-order chi connectivity index (χ0) is 18.0. The molecule has 26 heavy (non-hydrogen) atoms. The zero-order valence-electron chi connectivity index (χ0n) is 16.1. The maximum atomic E-state index is 11.3. The first-order chi connectivity index (χ1) is 11.8. The van der Waals surface area contributed by atoms with Crippen molar-refractivity contribution in [2.75, 3.05) is 19.3 Å². The standard InChI is InChI=1S/C20H32N2O2S.ClH/c1-15(18-8-9-18)19-10-12-22(13-11-19)14-17-4-6-20(7-5-17)16(2)21-25(3,23)24;/h4-7,15-16,18-19,21H,8-14H2,1-3H3;1H/t15?,16-;/m1./s1. The summed E-state index contributed by atoms with van der Waals surface area (Å²) in [5.74, 6) is 2.87. The normalized spacial score (nSPS) is 21.8. The largest absolute Gasteiger partial charge is 0.299 e. The number of likely N-dealkylation sites (tertiary alicyclic amines) is 1. The fraction of sp³-hybridized carbons (Fsp3) is 0.700. The second-order valence-corrected chi connectivity index (χ2v) is 9.94. The van der Waals surface area contributed by atoms with Gasteiger partial charge in [0.15, 0.2) is 0 Å². The van der Waals surface area contributed by atoms with E-state index in [1.807, 2.05) is 19.1 Å². The van der Waals surface area contributed by atoms with Crippen LogP contribution in [-0.4, -0.2) is 32.7 Å². The van der Waals surface area contributed by atoms with Crippen LogP contribution in [0, 0.1) is 17.8 Å². The van der Waals surface area contributed by atoms with Crippen molar-refractivity contribution in [1.82, 2.24) is 9.62 Å². The quantitative estimate of drug-likeness (QED) is 0.753. The predicted molar refractivity (Wildman–Crippen MR) is 110 cm³/mol. The van der Waals surface area contributed by atoms with Crippen LogP contribution in [0.5, 0.6) is 0 Å². The van der Waals surface area contributed by atoms with Crippen molar-refractivity contribution in [2.24, 2.45) is 17.8 Å². The minimum atomic E-state index is -3.18. The Labute approximate surface area is 165 Å². The molecule has 0 aromatic heterocycles. The lowest BCUT2D eigenvalue weighted by atomic mass is 9.82. The van der Waals surface area contributed by atoms with Crippen LogP contribution in [0.25, 0.3) is 0 Å². The van der Waals surface area contributed by atoms with Crippen molar-refractivity contribution in [2.45, 2.75) is 52.1 Å². The topological polar surface area (TPSA) is 49.4 Å². The highest BCUT2D eigenvalue weighted by atomic mass is 35.5. The number of rotatable bonds is 7. The molecule has 148 valence electrons. The molecular formula is C20H33ClN2O2S. The van der Waals surface area contributed by atoms with E-state index < -0.39 is 10.0 Å². The fourth-order valence-electron chi connectivity index (χ4n) is 4.20. The van der Waals surface area contributed by atoms with Crippen LogP contribution in [0.2, 0.25) is 0 Å². The van der Waals surface area contributed by atoms with Gasteiger partial charge in [0.25, 0.3) is 0 Å². The van der Waals surface area contributed by atoms with E-state index in [9.17, 15) is 8.42 Å². The average Bonchev–Trinajstić information content (AvgIpc) is 3.39. The summed E-state index contributed by atoms with van der Waals surface area (Å²) in [6, 6.07) is 8.16. The molecule has 3 rings (SSSR count). The van der Waals surface area contributed by atoms with Crippen LogP contribution in [0.4, 0.5) is 0 Å². The molecule has 1 saturated carbocycles. The van der Waals surface area contributed by atoms with Crippen molar-refractivity contribution in [3.8, 4) is 0 Å². The monoisotopic (exact) mass is 400 g/mol. The van der Waals surface area contributed by atoms with Gasteiger partial charge in [-0.05, 0) is 74.6 Å². The number of halogens is 1. The molecule has 1 saturated heterocycles. The van der Waals surface area contributed by atoms with Crippen molar-refractivity contribution >= 4 is 22.4 Å². The number of hydrogen-bond donors (Lipinski definition) is 1. The van der Waals surface area contributed by atoms with Gasteiger partial charge in [-0.15, -0.1) is 12.4 Å². The lowest BCUT2D eigenvalue weighted by Gasteiger charge is -2.35. The Morgan fingerprint density at radius 2 is 1.58 bits per heavy atom. The van der Waals surface area contributed by atoms with E-state index in [1.54, 1.807) is 0 Å². The highest BCUT2D eigenvalue weighted by Gasteiger charge is 2.34. The van der Waals surface area contributed by atoms with E-state index in [4.69, 9.17) is 0 Å². The Kier molecular flexibility index (Phi) is 7.54. The number of nitrogens with zero attached hydrogens (tertiary/aromatic N) is 1. The minimum absolute atomic E-state index is 0. The van der Waals surface area contributed by atoms with Crippen LogP contribution < -0.4 is 4.72 Å². The molecule has 1 aromatic carbocycles. The maximum absolute atomic E-state index is 11.3. The van der Waals surface area contributed by atoms with Gasteiger partial charge in [0.1, 0.15) is 0 Å². The Balaban J connectivity index is 0.00000243. The van der Waals surface area contributed by atoms with E-state index in [0.717, 1.165) is 29.9 Å². The van der Waals surface area contributed by atoms with E-state index in [1.165, 1.54) is 50.6 Å². The van der Waals surface area contributed by atoms with E-state index in [0.29, 0.717) is 0 Å². The summed E-state index contributed by atoms with van der Waals surface area (Å²) in [6.45, 7) is 7.74. The van der Waals surface area contributed by atoms with Gasteiger partial charge in [0.2, 0.25) is 10.0 Å². The molecule has 2 fully saturated rings. The Morgan fingerprint density at radius 1 is 1.04 bits per heavy atom. The first kappa shape index (κ1) is 21.7. The number of nitrogens with one attached hydrogen (secondary N) is 1. The molecule has 2 atom stereocenters. The van der Waals surface area contributed by atoms with Crippen LogP contribution in [-0.2, 0) is 16.6 Å². The predicted octanol–water partition coefficient (Wildman–Crippen LogP) is 3.98. The molecule has 0 radical (unpaired) electrons. The molecule has 0 amide bonds. The average molecular weight is 401 g/mol. The smallest absolute Gasteiger partial charge is 0.209 e. The Hall–Kier alpha value is -0.620. The molecule has 4 nitrogen and oxygen atoms in total. The van der Waals surface area contributed by atoms with Crippen LogP contribution >= 0.6 is 12.4 Å². The van der Waals surface area contributed by atoms with Crippen LogP contribution in [0.15, 0.2) is 24.3 Å². The van der Waals surface area contributed by atoms with Crippen molar-refractivity contribution < 1.29 is 8.42 Å². The summed E-state index contributed by atoms with van der Waals surface area (Å²) in [6.07, 6.45) is 6.79. The zero-order valence-corrected chi connectivity index (χ0v) is 17.8.